The minimum absolute atomic E-state index is 0.0943. The molecule has 0 saturated carbocycles. The minimum atomic E-state index is -1.40. The third-order valence-electron chi connectivity index (χ3n) is 8.55. The van der Waals surface area contributed by atoms with Gasteiger partial charge in [-0.3, -0.25) is 19.3 Å². The average molecular weight is 490 g/mol. The van der Waals surface area contributed by atoms with Crippen molar-refractivity contribution in [3.05, 3.63) is 70.3 Å². The highest BCUT2D eigenvalue weighted by Crippen LogP contribution is 2.69. The number of ketones is 1. The van der Waals surface area contributed by atoms with E-state index in [9.17, 15) is 14.4 Å². The monoisotopic (exact) mass is 489 g/mol. The van der Waals surface area contributed by atoms with Gasteiger partial charge in [-0.15, -0.1) is 0 Å². The lowest BCUT2D eigenvalue weighted by molar-refractivity contribution is -0.141. The SMILES string of the molecule is CC(C)=CC(=O)[C@H]1C2CCCN2[C@]2(C(=O)N(C)c3c(Cl)cccc32)[C@]12C(=O)N(C)c1ccccc12. The summed E-state index contributed by atoms with van der Waals surface area (Å²) in [6.07, 6.45) is 3.26. The Kier molecular flexibility index (Phi) is 4.68. The van der Waals surface area contributed by atoms with Crippen molar-refractivity contribution < 1.29 is 14.4 Å². The van der Waals surface area contributed by atoms with Crippen LogP contribution in [0.2, 0.25) is 5.02 Å². The van der Waals surface area contributed by atoms with E-state index in [1.54, 1.807) is 36.0 Å². The van der Waals surface area contributed by atoms with Crippen molar-refractivity contribution in [1.29, 1.82) is 0 Å². The zero-order chi connectivity index (χ0) is 24.9. The Morgan fingerprint density at radius 3 is 2.46 bits per heavy atom. The lowest BCUT2D eigenvalue weighted by atomic mass is 9.57. The van der Waals surface area contributed by atoms with Crippen LogP contribution in [0, 0.1) is 5.92 Å². The number of carbonyl (C=O) groups excluding carboxylic acids is 3. The first-order valence-electron chi connectivity index (χ1n) is 12.1. The first kappa shape index (κ1) is 22.5. The molecule has 6 rings (SSSR count). The van der Waals surface area contributed by atoms with E-state index in [-0.39, 0.29) is 23.6 Å². The Morgan fingerprint density at radius 2 is 1.71 bits per heavy atom. The van der Waals surface area contributed by atoms with E-state index in [4.69, 9.17) is 11.6 Å². The molecule has 4 atom stereocenters. The number of likely N-dealkylation sites (N-methyl/N-ethyl adjacent to an activating group) is 2. The van der Waals surface area contributed by atoms with Crippen LogP contribution >= 0.6 is 11.6 Å². The van der Waals surface area contributed by atoms with Gasteiger partial charge in [-0.25, -0.2) is 0 Å². The topological polar surface area (TPSA) is 60.9 Å². The van der Waals surface area contributed by atoms with Crippen molar-refractivity contribution in [2.24, 2.45) is 5.92 Å². The molecule has 2 fully saturated rings. The standard InChI is InChI=1S/C28H28ClN3O3/c1-16(2)15-22(33)23-21-13-8-14-32(21)28(18-10-7-11-19(29)24(18)31(4)26(28)35)27(23)17-9-5-6-12-20(17)30(3)25(27)34/h5-7,9-12,15,21,23H,8,13-14H2,1-4H3/t21?,23-,27+,28-/m1/s1. The Labute approximate surface area is 210 Å². The molecule has 2 spiro atoms. The largest absolute Gasteiger partial charge is 0.314 e. The first-order chi connectivity index (χ1) is 16.7. The molecule has 7 heteroatoms. The molecule has 4 heterocycles. The molecule has 2 amide bonds. The summed E-state index contributed by atoms with van der Waals surface area (Å²) in [5.41, 5.74) is 0.969. The Balaban J connectivity index is 1.80. The molecule has 4 aliphatic rings. The van der Waals surface area contributed by atoms with Crippen LogP contribution in [0.15, 0.2) is 54.1 Å². The molecule has 6 nitrogen and oxygen atoms in total. The summed E-state index contributed by atoms with van der Waals surface area (Å²) < 4.78 is 0. The van der Waals surface area contributed by atoms with Crippen molar-refractivity contribution in [2.45, 2.75) is 43.7 Å². The molecule has 0 N–H and O–H groups in total. The highest BCUT2D eigenvalue weighted by atomic mass is 35.5. The van der Waals surface area contributed by atoms with Gasteiger partial charge in [0.2, 0.25) is 5.91 Å². The second-order valence-corrected chi connectivity index (χ2v) is 10.8. The summed E-state index contributed by atoms with van der Waals surface area (Å²) in [4.78, 5) is 48.8. The molecule has 1 unspecified atom stereocenters. The van der Waals surface area contributed by atoms with Gasteiger partial charge in [0.25, 0.3) is 5.91 Å². The lowest BCUT2D eigenvalue weighted by Gasteiger charge is -2.44. The number of fused-ring (bicyclic) bond motifs is 7. The van der Waals surface area contributed by atoms with Gasteiger partial charge in [0, 0.05) is 31.4 Å². The molecule has 2 saturated heterocycles. The average Bonchev–Trinajstić information content (AvgIpc) is 3.50. The van der Waals surface area contributed by atoms with Crippen LogP contribution in [0.25, 0.3) is 0 Å². The fourth-order valence-corrected chi connectivity index (χ4v) is 7.88. The number of nitrogens with zero attached hydrogens (tertiary/aromatic N) is 3. The number of allylic oxidation sites excluding steroid dienone is 2. The van der Waals surface area contributed by atoms with E-state index in [0.717, 1.165) is 35.2 Å². The number of hydrogen-bond donors (Lipinski definition) is 0. The van der Waals surface area contributed by atoms with Crippen molar-refractivity contribution in [3.63, 3.8) is 0 Å². The van der Waals surface area contributed by atoms with Crippen LogP contribution in [0.4, 0.5) is 11.4 Å². The maximum Gasteiger partial charge on any atom is 0.253 e. The predicted molar refractivity (Wildman–Crippen MR) is 136 cm³/mol. The highest BCUT2D eigenvalue weighted by Gasteiger charge is 2.82. The Morgan fingerprint density at radius 1 is 1.00 bits per heavy atom. The predicted octanol–water partition coefficient (Wildman–Crippen LogP) is 4.06. The maximum absolute atomic E-state index is 14.6. The minimum Gasteiger partial charge on any atom is -0.314 e. The quantitative estimate of drug-likeness (QED) is 0.597. The van der Waals surface area contributed by atoms with E-state index >= 15 is 0 Å². The zero-order valence-electron chi connectivity index (χ0n) is 20.3. The molecule has 0 bridgehead atoms. The second kappa shape index (κ2) is 7.28. The normalized spacial score (nSPS) is 30.9. The van der Waals surface area contributed by atoms with Crippen molar-refractivity contribution in [2.75, 3.05) is 30.4 Å². The molecule has 0 aromatic heterocycles. The second-order valence-electron chi connectivity index (χ2n) is 10.4. The Bertz CT molecular complexity index is 1350. The van der Waals surface area contributed by atoms with E-state index in [1.165, 1.54) is 0 Å². The first-order valence-corrected chi connectivity index (χ1v) is 12.5. The number of carbonyl (C=O) groups is 3. The number of rotatable bonds is 2. The Hall–Kier alpha value is -2.96. The smallest absolute Gasteiger partial charge is 0.253 e. The van der Waals surface area contributed by atoms with Gasteiger partial charge in [-0.1, -0.05) is 47.5 Å². The van der Waals surface area contributed by atoms with Crippen LogP contribution in [-0.2, 0) is 25.3 Å². The summed E-state index contributed by atoms with van der Waals surface area (Å²) >= 11 is 6.68. The van der Waals surface area contributed by atoms with E-state index in [2.05, 4.69) is 4.90 Å². The van der Waals surface area contributed by atoms with Gasteiger partial charge in [-0.2, -0.15) is 0 Å². The molecule has 180 valence electrons. The van der Waals surface area contributed by atoms with Crippen LogP contribution in [0.1, 0.15) is 37.8 Å². The molecular formula is C28H28ClN3O3. The van der Waals surface area contributed by atoms with Gasteiger partial charge in [0.1, 0.15) is 11.0 Å². The molecule has 35 heavy (non-hydrogen) atoms. The number of amides is 2. The maximum atomic E-state index is 14.6. The zero-order valence-corrected chi connectivity index (χ0v) is 21.1. The van der Waals surface area contributed by atoms with E-state index < -0.39 is 16.9 Å². The van der Waals surface area contributed by atoms with E-state index in [0.29, 0.717) is 17.3 Å². The van der Waals surface area contributed by atoms with Crippen molar-refractivity contribution in [1.82, 2.24) is 4.90 Å². The summed E-state index contributed by atoms with van der Waals surface area (Å²) in [6.45, 7) is 4.42. The molecule has 0 aliphatic carbocycles. The van der Waals surface area contributed by atoms with Crippen molar-refractivity contribution >= 4 is 40.6 Å². The molecule has 2 aromatic carbocycles. The van der Waals surface area contributed by atoms with Gasteiger partial charge >= 0.3 is 0 Å². The third kappa shape index (κ3) is 2.37. The number of hydrogen-bond acceptors (Lipinski definition) is 4. The summed E-state index contributed by atoms with van der Waals surface area (Å²) in [6, 6.07) is 12.9. The molecule has 4 aliphatic heterocycles. The van der Waals surface area contributed by atoms with Crippen molar-refractivity contribution in [3.8, 4) is 0 Å². The summed E-state index contributed by atoms with van der Waals surface area (Å²) in [5, 5.41) is 0.465. The molecular weight excluding hydrogens is 462 g/mol. The van der Waals surface area contributed by atoms with Crippen LogP contribution in [-0.4, -0.2) is 49.2 Å². The third-order valence-corrected chi connectivity index (χ3v) is 8.85. The van der Waals surface area contributed by atoms with Gasteiger partial charge in [0.05, 0.1) is 16.6 Å². The number of benzene rings is 2. The fraction of sp³-hybridized carbons (Fsp3) is 0.393. The number of anilines is 2. The number of halogens is 1. The van der Waals surface area contributed by atoms with Gasteiger partial charge in [0.15, 0.2) is 5.78 Å². The highest BCUT2D eigenvalue weighted by molar-refractivity contribution is 6.35. The van der Waals surface area contributed by atoms with Gasteiger partial charge < -0.3 is 9.80 Å². The molecule has 2 aromatic rings. The van der Waals surface area contributed by atoms with E-state index in [1.807, 2.05) is 50.2 Å². The lowest BCUT2D eigenvalue weighted by Crippen LogP contribution is -2.64. The summed E-state index contributed by atoms with van der Waals surface area (Å²) in [5.74, 6) is -1.19. The van der Waals surface area contributed by atoms with Crippen LogP contribution in [0.3, 0.4) is 0 Å². The number of para-hydroxylation sites is 2. The van der Waals surface area contributed by atoms with Gasteiger partial charge in [-0.05, 0) is 57.0 Å². The summed E-state index contributed by atoms with van der Waals surface area (Å²) in [7, 11) is 3.47. The van der Waals surface area contributed by atoms with Crippen LogP contribution < -0.4 is 9.80 Å². The fourth-order valence-electron chi connectivity index (χ4n) is 7.58. The molecule has 0 radical (unpaired) electrons. The van der Waals surface area contributed by atoms with Crippen LogP contribution in [0.5, 0.6) is 0 Å².